The number of esters is 1. The Morgan fingerprint density at radius 1 is 1.16 bits per heavy atom. The zero-order valence-corrected chi connectivity index (χ0v) is 21.1. The minimum atomic E-state index is -1.37. The van der Waals surface area contributed by atoms with Gasteiger partial charge in [0.1, 0.15) is 18.5 Å². The number of aryl methyl sites for hydroxylation is 1. The summed E-state index contributed by atoms with van der Waals surface area (Å²) < 4.78 is 34.9. The lowest BCUT2D eigenvalue weighted by Gasteiger charge is -2.24. The first-order valence-electron chi connectivity index (χ1n) is 11.7. The first-order valence-corrected chi connectivity index (χ1v) is 12.1. The molecule has 0 bridgehead atoms. The zero-order chi connectivity index (χ0) is 26.9. The van der Waals surface area contributed by atoms with Gasteiger partial charge in [0.25, 0.3) is 0 Å². The van der Waals surface area contributed by atoms with E-state index in [0.29, 0.717) is 16.5 Å². The first kappa shape index (κ1) is 26.5. The molecular weight excluding hydrogens is 506 g/mol. The van der Waals surface area contributed by atoms with E-state index in [1.54, 1.807) is 12.1 Å². The lowest BCUT2D eigenvalue weighted by Crippen LogP contribution is -2.42. The lowest BCUT2D eigenvalue weighted by molar-refractivity contribution is -0.138. The Bertz CT molecular complexity index is 1400. The van der Waals surface area contributed by atoms with Crippen molar-refractivity contribution >= 4 is 45.9 Å². The number of ketones is 2. The number of carbonyl (C=O) groups is 4. The molecule has 0 spiro atoms. The van der Waals surface area contributed by atoms with Crippen LogP contribution in [0, 0.1) is 5.82 Å². The summed E-state index contributed by atoms with van der Waals surface area (Å²) in [6.45, 7) is 0.877. The maximum Gasteiger partial charge on any atom is 0.337 e. The van der Waals surface area contributed by atoms with E-state index in [9.17, 15) is 28.0 Å². The number of aromatic nitrogens is 1. The van der Waals surface area contributed by atoms with Crippen LogP contribution in [-0.4, -0.2) is 58.8 Å². The van der Waals surface area contributed by atoms with Crippen molar-refractivity contribution in [3.8, 4) is 0 Å². The zero-order valence-electron chi connectivity index (χ0n) is 20.3. The minimum Gasteiger partial charge on any atom is -0.465 e. The van der Waals surface area contributed by atoms with Crippen molar-refractivity contribution in [1.82, 2.24) is 9.47 Å². The van der Waals surface area contributed by atoms with Crippen LogP contribution in [0.25, 0.3) is 10.9 Å². The highest BCUT2D eigenvalue weighted by atomic mass is 35.5. The highest BCUT2D eigenvalue weighted by Gasteiger charge is 2.39. The molecule has 4 rings (SSSR count). The van der Waals surface area contributed by atoms with Crippen LogP contribution in [0.1, 0.15) is 46.0 Å². The highest BCUT2D eigenvalue weighted by Crippen LogP contribution is 2.27. The van der Waals surface area contributed by atoms with E-state index in [2.05, 4.69) is 0 Å². The largest absolute Gasteiger partial charge is 0.465 e. The summed E-state index contributed by atoms with van der Waals surface area (Å²) in [5, 5.41) is 0.500. The number of benzene rings is 2. The van der Waals surface area contributed by atoms with Crippen LogP contribution < -0.4 is 0 Å². The van der Waals surface area contributed by atoms with Crippen molar-refractivity contribution in [3.63, 3.8) is 0 Å². The number of hydrogen-bond acceptors (Lipinski definition) is 5. The predicted molar refractivity (Wildman–Crippen MR) is 133 cm³/mol. The molecule has 1 aromatic heterocycles. The van der Waals surface area contributed by atoms with Gasteiger partial charge < -0.3 is 14.2 Å². The second-order valence-electron chi connectivity index (χ2n) is 9.02. The fourth-order valence-corrected chi connectivity index (χ4v) is 4.91. The van der Waals surface area contributed by atoms with Crippen molar-refractivity contribution in [2.75, 3.05) is 13.7 Å². The molecule has 2 heterocycles. The predicted octanol–water partition coefficient (Wildman–Crippen LogP) is 4.56. The maximum atomic E-state index is 14.4. The molecule has 10 heteroatoms. The summed E-state index contributed by atoms with van der Waals surface area (Å²) in [6, 6.07) is 8.18. The van der Waals surface area contributed by atoms with Crippen LogP contribution in [0.15, 0.2) is 42.6 Å². The number of ether oxygens (including phenoxy) is 1. The van der Waals surface area contributed by atoms with Gasteiger partial charge in [-0.1, -0.05) is 29.8 Å². The number of fused-ring (bicyclic) bond motifs is 1. The van der Waals surface area contributed by atoms with Crippen LogP contribution in [-0.2, 0) is 27.3 Å². The Morgan fingerprint density at radius 2 is 1.92 bits per heavy atom. The Labute approximate surface area is 216 Å². The third kappa shape index (κ3) is 5.41. The van der Waals surface area contributed by atoms with E-state index in [1.165, 1.54) is 54.0 Å². The highest BCUT2D eigenvalue weighted by molar-refractivity contribution is 6.30. The maximum absolute atomic E-state index is 14.4. The van der Waals surface area contributed by atoms with Gasteiger partial charge in [0, 0.05) is 30.0 Å². The Kier molecular flexibility index (Phi) is 7.73. The molecule has 1 aliphatic rings. The van der Waals surface area contributed by atoms with E-state index in [-0.39, 0.29) is 60.1 Å². The fourth-order valence-electron chi connectivity index (χ4n) is 4.72. The number of methoxy groups -OCH3 is 1. The molecule has 0 radical (unpaired) electrons. The van der Waals surface area contributed by atoms with Gasteiger partial charge in [0.05, 0.1) is 35.8 Å². The number of amides is 1. The fraction of sp³-hybridized carbons (Fsp3) is 0.333. The summed E-state index contributed by atoms with van der Waals surface area (Å²) in [7, 11) is 1.24. The summed E-state index contributed by atoms with van der Waals surface area (Å²) >= 11 is 5.80. The minimum absolute atomic E-state index is 0.0503. The van der Waals surface area contributed by atoms with Crippen LogP contribution in [0.4, 0.5) is 8.78 Å². The van der Waals surface area contributed by atoms with Crippen molar-refractivity contribution in [1.29, 1.82) is 0 Å². The quantitative estimate of drug-likeness (QED) is 0.315. The number of Topliss-reactive ketones (excluding diaryl/α,β-unsaturated/α-hetero) is 2. The molecule has 1 amide bonds. The molecular formula is C27H25ClF2N2O5. The van der Waals surface area contributed by atoms with E-state index in [1.807, 2.05) is 0 Å². The molecule has 2 aromatic carbocycles. The van der Waals surface area contributed by atoms with Crippen LogP contribution in [0.5, 0.6) is 0 Å². The average molecular weight is 531 g/mol. The van der Waals surface area contributed by atoms with E-state index in [0.717, 1.165) is 0 Å². The average Bonchev–Trinajstić information content (AvgIpc) is 3.44. The third-order valence-corrected chi connectivity index (χ3v) is 6.89. The molecule has 0 unspecified atom stereocenters. The van der Waals surface area contributed by atoms with Crippen LogP contribution in [0.3, 0.4) is 0 Å². The van der Waals surface area contributed by atoms with Gasteiger partial charge in [-0.2, -0.15) is 0 Å². The van der Waals surface area contributed by atoms with Crippen LogP contribution in [0.2, 0.25) is 5.02 Å². The SMILES string of the molecule is COC(=O)c1ccc2c(C(C)=O)cn(CC(=O)N3C[C@H](F)C[C@H]3C(=O)CCc3cccc(Cl)c3F)c2c1. The Morgan fingerprint density at radius 3 is 2.62 bits per heavy atom. The number of nitrogens with zero attached hydrogens (tertiary/aromatic N) is 2. The number of carbonyl (C=O) groups excluding carboxylic acids is 4. The molecule has 3 aromatic rings. The molecule has 1 fully saturated rings. The molecule has 37 heavy (non-hydrogen) atoms. The smallest absolute Gasteiger partial charge is 0.337 e. The number of halogens is 3. The first-order chi connectivity index (χ1) is 17.6. The number of alkyl halides is 1. The monoisotopic (exact) mass is 530 g/mol. The van der Waals surface area contributed by atoms with Gasteiger partial charge in [0.2, 0.25) is 5.91 Å². The third-order valence-electron chi connectivity index (χ3n) is 6.60. The van der Waals surface area contributed by atoms with Crippen molar-refractivity contribution in [2.24, 2.45) is 0 Å². The molecule has 0 N–H and O–H groups in total. The molecule has 0 aliphatic carbocycles. The molecule has 1 saturated heterocycles. The van der Waals surface area contributed by atoms with Gasteiger partial charge in [-0.25, -0.2) is 13.6 Å². The normalized spacial score (nSPS) is 17.3. The molecule has 1 aliphatic heterocycles. The Hall–Kier alpha value is -3.59. The number of rotatable bonds is 8. The second kappa shape index (κ2) is 10.8. The standard InChI is InChI=1S/C27H25ClF2N2O5/c1-15(33)20-13-31(22-10-17(27(36)37-2)6-8-19(20)22)14-25(35)32-12-18(29)11-23(32)24(34)9-7-16-4-3-5-21(28)26(16)30/h3-6,8,10,13,18,23H,7,9,11-12,14H2,1-2H3/t18-,23+/m1/s1. The molecule has 194 valence electrons. The van der Waals surface area contributed by atoms with E-state index < -0.39 is 29.9 Å². The molecule has 2 atom stereocenters. The van der Waals surface area contributed by atoms with Gasteiger partial charge in [-0.3, -0.25) is 14.4 Å². The lowest BCUT2D eigenvalue weighted by atomic mass is 10.0. The van der Waals surface area contributed by atoms with Crippen molar-refractivity contribution in [3.05, 3.63) is 70.1 Å². The molecule has 0 saturated carbocycles. The van der Waals surface area contributed by atoms with Gasteiger partial charge in [-0.15, -0.1) is 0 Å². The summed E-state index contributed by atoms with van der Waals surface area (Å²) in [5.41, 5.74) is 1.32. The number of likely N-dealkylation sites (tertiary alicyclic amines) is 1. The van der Waals surface area contributed by atoms with Crippen molar-refractivity contribution in [2.45, 2.75) is 44.9 Å². The summed E-state index contributed by atoms with van der Waals surface area (Å²) in [4.78, 5) is 51.6. The van der Waals surface area contributed by atoms with Crippen LogP contribution >= 0.6 is 11.6 Å². The topological polar surface area (TPSA) is 85.7 Å². The molecule has 7 nitrogen and oxygen atoms in total. The summed E-state index contributed by atoms with van der Waals surface area (Å²) in [5.74, 6) is -2.29. The van der Waals surface area contributed by atoms with Gasteiger partial charge >= 0.3 is 5.97 Å². The van der Waals surface area contributed by atoms with Gasteiger partial charge in [-0.05, 0) is 37.1 Å². The van der Waals surface area contributed by atoms with E-state index in [4.69, 9.17) is 16.3 Å². The number of hydrogen-bond donors (Lipinski definition) is 0. The Balaban J connectivity index is 1.56. The summed E-state index contributed by atoms with van der Waals surface area (Å²) in [6.07, 6.45) is -0.0160. The van der Waals surface area contributed by atoms with Gasteiger partial charge in [0.15, 0.2) is 11.6 Å². The van der Waals surface area contributed by atoms with Crippen molar-refractivity contribution < 1.29 is 32.7 Å². The van der Waals surface area contributed by atoms with E-state index >= 15 is 0 Å². The second-order valence-corrected chi connectivity index (χ2v) is 9.43.